The Balaban J connectivity index is 2.40. The van der Waals surface area contributed by atoms with Crippen LogP contribution in [0.4, 0.5) is 0 Å². The summed E-state index contributed by atoms with van der Waals surface area (Å²) in [5, 5.41) is 10.4. The number of hydrogen-bond acceptors (Lipinski definition) is 2. The van der Waals surface area contributed by atoms with E-state index in [1.165, 1.54) is 0 Å². The highest BCUT2D eigenvalue weighted by Crippen LogP contribution is 2.34. The fraction of sp³-hybridized carbons (Fsp3) is 0.214. The summed E-state index contributed by atoms with van der Waals surface area (Å²) in [5.41, 5.74) is 2.75. The topological polar surface area (TPSA) is 29.5 Å². The van der Waals surface area contributed by atoms with Crippen LogP contribution in [0.1, 0.15) is 12.0 Å². The summed E-state index contributed by atoms with van der Waals surface area (Å²) in [6, 6.07) is 5.39. The second kappa shape index (κ2) is 5.79. The molecular weight excluding hydrogens is 271 g/mol. The van der Waals surface area contributed by atoms with E-state index in [4.69, 9.17) is 27.9 Å². The van der Waals surface area contributed by atoms with Crippen molar-refractivity contribution in [1.29, 1.82) is 0 Å². The molecule has 0 amide bonds. The molecule has 0 saturated carbocycles. The van der Waals surface area contributed by atoms with Gasteiger partial charge in [-0.25, -0.2) is 0 Å². The van der Waals surface area contributed by atoms with Crippen LogP contribution in [-0.2, 0) is 4.74 Å². The minimum Gasteiger partial charge on any atom is -0.497 e. The second-order valence-electron chi connectivity index (χ2n) is 3.96. The monoisotopic (exact) mass is 283 g/mol. The molecule has 1 aromatic carbocycles. The summed E-state index contributed by atoms with van der Waals surface area (Å²) in [7, 11) is 1.59. The molecule has 0 heterocycles. The lowest BCUT2D eigenvalue weighted by Gasteiger charge is -2.18. The van der Waals surface area contributed by atoms with Crippen molar-refractivity contribution in [1.82, 2.24) is 0 Å². The standard InChI is InChI=1S/C14H13Cl2O2/c1-18-14-6-9(2-3-10(14)8-17)12-5-4-11(15)7-13(12)16/h2,4-7,17H,3,8H2,1H3. The zero-order chi connectivity index (χ0) is 13.1. The molecule has 1 aliphatic rings. The van der Waals surface area contributed by atoms with E-state index in [1.807, 2.05) is 18.6 Å². The summed E-state index contributed by atoms with van der Waals surface area (Å²) >= 11 is 12.0. The lowest BCUT2D eigenvalue weighted by atomic mass is 9.92. The third-order valence-electron chi connectivity index (χ3n) is 2.86. The highest BCUT2D eigenvalue weighted by molar-refractivity contribution is 6.35. The van der Waals surface area contributed by atoms with Crippen molar-refractivity contribution in [2.24, 2.45) is 0 Å². The fourth-order valence-electron chi connectivity index (χ4n) is 1.89. The van der Waals surface area contributed by atoms with Crippen molar-refractivity contribution in [2.45, 2.75) is 6.42 Å². The summed E-state index contributed by atoms with van der Waals surface area (Å²) in [4.78, 5) is 0. The number of aliphatic hydroxyl groups is 1. The molecule has 1 aliphatic carbocycles. The van der Waals surface area contributed by atoms with Gasteiger partial charge in [0.2, 0.25) is 0 Å². The average molecular weight is 284 g/mol. The van der Waals surface area contributed by atoms with Crippen LogP contribution in [0, 0.1) is 6.42 Å². The van der Waals surface area contributed by atoms with Crippen LogP contribution in [0.25, 0.3) is 5.57 Å². The zero-order valence-electron chi connectivity index (χ0n) is 9.91. The summed E-state index contributed by atoms with van der Waals surface area (Å²) in [5.74, 6) is 0.695. The Morgan fingerprint density at radius 3 is 2.72 bits per heavy atom. The first-order chi connectivity index (χ1) is 8.65. The Morgan fingerprint density at radius 1 is 1.33 bits per heavy atom. The number of aliphatic hydroxyl groups excluding tert-OH is 1. The van der Waals surface area contributed by atoms with E-state index in [2.05, 4.69) is 0 Å². The third kappa shape index (κ3) is 2.72. The number of hydrogen-bond donors (Lipinski definition) is 1. The van der Waals surface area contributed by atoms with Gasteiger partial charge in [0.05, 0.1) is 13.7 Å². The minimum absolute atomic E-state index is 0.00218. The summed E-state index contributed by atoms with van der Waals surface area (Å²) in [6.07, 6.45) is 4.55. The van der Waals surface area contributed by atoms with Gasteiger partial charge in [-0.15, -0.1) is 0 Å². The molecule has 0 fully saturated rings. The van der Waals surface area contributed by atoms with Gasteiger partial charge < -0.3 is 9.84 Å². The summed E-state index contributed by atoms with van der Waals surface area (Å²) < 4.78 is 5.26. The summed E-state index contributed by atoms with van der Waals surface area (Å²) in [6.45, 7) is -0.00218. The molecule has 0 aliphatic heterocycles. The largest absolute Gasteiger partial charge is 0.497 e. The van der Waals surface area contributed by atoms with Crippen LogP contribution in [0.2, 0.25) is 10.0 Å². The van der Waals surface area contributed by atoms with Crippen LogP contribution >= 0.6 is 23.2 Å². The van der Waals surface area contributed by atoms with Crippen LogP contribution in [-0.4, -0.2) is 18.8 Å². The molecule has 18 heavy (non-hydrogen) atoms. The maximum Gasteiger partial charge on any atom is 0.120 e. The van der Waals surface area contributed by atoms with Crippen molar-refractivity contribution in [3.8, 4) is 0 Å². The maximum absolute atomic E-state index is 9.21. The number of methoxy groups -OCH3 is 1. The first-order valence-electron chi connectivity index (χ1n) is 5.53. The van der Waals surface area contributed by atoms with Gasteiger partial charge in [-0.2, -0.15) is 0 Å². The molecule has 0 aromatic heterocycles. The van der Waals surface area contributed by atoms with Crippen molar-refractivity contribution < 1.29 is 9.84 Å². The van der Waals surface area contributed by atoms with Crippen molar-refractivity contribution in [2.75, 3.05) is 13.7 Å². The van der Waals surface area contributed by atoms with E-state index >= 15 is 0 Å². The van der Waals surface area contributed by atoms with E-state index < -0.39 is 0 Å². The molecule has 0 saturated heterocycles. The Bertz CT molecular complexity index is 519. The van der Waals surface area contributed by atoms with Crippen LogP contribution in [0.5, 0.6) is 0 Å². The van der Waals surface area contributed by atoms with E-state index in [0.717, 1.165) is 16.7 Å². The molecule has 1 radical (unpaired) electrons. The Kier molecular flexibility index (Phi) is 4.33. The molecule has 1 aromatic rings. The number of halogens is 2. The SMILES string of the molecule is COC1=C(CO)C[CH]C(c2ccc(Cl)cc2Cl)=C1. The van der Waals surface area contributed by atoms with Crippen molar-refractivity contribution in [3.63, 3.8) is 0 Å². The first-order valence-corrected chi connectivity index (χ1v) is 6.28. The van der Waals surface area contributed by atoms with Gasteiger partial charge in [0.1, 0.15) is 5.76 Å². The van der Waals surface area contributed by atoms with Crippen molar-refractivity contribution >= 4 is 28.8 Å². The fourth-order valence-corrected chi connectivity index (χ4v) is 2.41. The normalized spacial score (nSPS) is 15.7. The minimum atomic E-state index is -0.00218. The van der Waals surface area contributed by atoms with Gasteiger partial charge in [-0.3, -0.25) is 0 Å². The van der Waals surface area contributed by atoms with Gasteiger partial charge in [0, 0.05) is 10.0 Å². The molecule has 0 unspecified atom stereocenters. The van der Waals surface area contributed by atoms with Crippen LogP contribution < -0.4 is 0 Å². The Labute approximate surface area is 116 Å². The van der Waals surface area contributed by atoms with E-state index in [1.54, 1.807) is 19.2 Å². The van der Waals surface area contributed by atoms with E-state index in [-0.39, 0.29) is 6.61 Å². The van der Waals surface area contributed by atoms with E-state index in [9.17, 15) is 5.11 Å². The molecule has 4 heteroatoms. The average Bonchev–Trinajstić information content (AvgIpc) is 2.38. The Morgan fingerprint density at radius 2 is 2.11 bits per heavy atom. The quantitative estimate of drug-likeness (QED) is 0.912. The molecule has 0 bridgehead atoms. The Hall–Kier alpha value is -0.960. The van der Waals surface area contributed by atoms with Gasteiger partial charge in [-0.05, 0) is 47.8 Å². The number of allylic oxidation sites excluding steroid dienone is 2. The molecule has 1 N–H and O–H groups in total. The van der Waals surface area contributed by atoms with Gasteiger partial charge in [0.15, 0.2) is 0 Å². The highest BCUT2D eigenvalue weighted by atomic mass is 35.5. The molecular formula is C14H13Cl2O2. The number of ether oxygens (including phenoxy) is 1. The van der Waals surface area contributed by atoms with Gasteiger partial charge in [0.25, 0.3) is 0 Å². The van der Waals surface area contributed by atoms with Crippen LogP contribution in [0.15, 0.2) is 35.6 Å². The predicted molar refractivity (Wildman–Crippen MR) is 74.5 cm³/mol. The van der Waals surface area contributed by atoms with Gasteiger partial charge in [-0.1, -0.05) is 29.3 Å². The first kappa shape index (κ1) is 13.5. The maximum atomic E-state index is 9.21. The van der Waals surface area contributed by atoms with Crippen molar-refractivity contribution in [3.05, 3.63) is 57.6 Å². The van der Waals surface area contributed by atoms with E-state index in [0.29, 0.717) is 22.2 Å². The van der Waals surface area contributed by atoms with Gasteiger partial charge >= 0.3 is 0 Å². The predicted octanol–water partition coefficient (Wildman–Crippen LogP) is 3.88. The zero-order valence-corrected chi connectivity index (χ0v) is 11.4. The van der Waals surface area contributed by atoms with Crippen LogP contribution in [0.3, 0.4) is 0 Å². The molecule has 2 rings (SSSR count). The molecule has 95 valence electrons. The number of benzene rings is 1. The molecule has 2 nitrogen and oxygen atoms in total. The third-order valence-corrected chi connectivity index (χ3v) is 3.40. The lowest BCUT2D eigenvalue weighted by Crippen LogP contribution is -2.05. The highest BCUT2D eigenvalue weighted by Gasteiger charge is 2.16. The second-order valence-corrected chi connectivity index (χ2v) is 4.81. The smallest absolute Gasteiger partial charge is 0.120 e. The lowest BCUT2D eigenvalue weighted by molar-refractivity contribution is 0.277. The molecule has 0 atom stereocenters. The molecule has 0 spiro atoms. The number of rotatable bonds is 3.